The lowest BCUT2D eigenvalue weighted by Crippen LogP contribution is -2.50. The molecule has 2 unspecified atom stereocenters. The van der Waals surface area contributed by atoms with Crippen LogP contribution in [0.4, 0.5) is 0 Å². The van der Waals surface area contributed by atoms with E-state index in [2.05, 4.69) is 42.3 Å². The van der Waals surface area contributed by atoms with Crippen LogP contribution in [0.1, 0.15) is 38.7 Å². The second-order valence-electron chi connectivity index (χ2n) is 6.23. The summed E-state index contributed by atoms with van der Waals surface area (Å²) >= 11 is 0. The largest absolute Gasteiger partial charge is 0.300 e. The number of hydrogen-bond acceptors (Lipinski definition) is 3. The van der Waals surface area contributed by atoms with E-state index in [0.29, 0.717) is 0 Å². The van der Waals surface area contributed by atoms with Crippen LogP contribution in [0.3, 0.4) is 0 Å². The number of nitrogens with zero attached hydrogens (tertiary/aromatic N) is 2. The van der Waals surface area contributed by atoms with Crippen molar-refractivity contribution in [2.24, 2.45) is 5.92 Å². The molecule has 1 aromatic carbocycles. The van der Waals surface area contributed by atoms with Gasteiger partial charge < -0.3 is 4.90 Å². The van der Waals surface area contributed by atoms with Gasteiger partial charge in [0.15, 0.2) is 0 Å². The first kappa shape index (κ1) is 16.0. The number of likely N-dealkylation sites (N-methyl/N-ethyl adjacent to an activating group) is 1. The van der Waals surface area contributed by atoms with E-state index in [0.717, 1.165) is 37.7 Å². The van der Waals surface area contributed by atoms with E-state index in [-0.39, 0.29) is 0 Å². The van der Waals surface area contributed by atoms with E-state index < -0.39 is 5.54 Å². The molecule has 1 aromatic rings. The number of nitrogens with one attached hydrogen (secondary N) is 1. The molecule has 0 amide bonds. The van der Waals surface area contributed by atoms with Crippen LogP contribution >= 0.6 is 0 Å². The fraction of sp³-hybridized carbons (Fsp3) is 0.611. The van der Waals surface area contributed by atoms with Crippen LogP contribution in [0.2, 0.25) is 0 Å². The summed E-state index contributed by atoms with van der Waals surface area (Å²) in [4.78, 5) is 2.46. The van der Waals surface area contributed by atoms with Crippen LogP contribution in [0.25, 0.3) is 0 Å². The minimum Gasteiger partial charge on any atom is -0.300 e. The summed E-state index contributed by atoms with van der Waals surface area (Å²) in [6.07, 6.45) is 3.79. The average Bonchev–Trinajstić information content (AvgIpc) is 2.72. The Balaban J connectivity index is 2.18. The van der Waals surface area contributed by atoms with E-state index in [9.17, 15) is 5.26 Å². The second-order valence-corrected chi connectivity index (χ2v) is 6.23. The molecule has 1 heterocycles. The molecule has 1 N–H and O–H groups in total. The predicted molar refractivity (Wildman–Crippen MR) is 86.9 cm³/mol. The molecule has 0 radical (unpaired) electrons. The lowest BCUT2D eigenvalue weighted by molar-refractivity contribution is 0.217. The van der Waals surface area contributed by atoms with Crippen LogP contribution in [0.5, 0.6) is 0 Å². The first-order valence-electron chi connectivity index (χ1n) is 8.14. The Morgan fingerprint density at radius 2 is 2.05 bits per heavy atom. The standard InChI is InChI=1S/C18H27N3/c1-3-20-18(14-19,17-9-5-4-6-10-17)15-21-12-7-8-16(2)11-13-21/h4-6,9-10,16,20H,3,7-8,11-13,15H2,1-2H3. The van der Waals surface area contributed by atoms with Crippen LogP contribution in [0.15, 0.2) is 30.3 Å². The number of likely N-dealkylation sites (tertiary alicyclic amines) is 1. The van der Waals surface area contributed by atoms with Gasteiger partial charge in [0.2, 0.25) is 0 Å². The molecule has 1 fully saturated rings. The van der Waals surface area contributed by atoms with Crippen LogP contribution in [-0.4, -0.2) is 31.1 Å². The van der Waals surface area contributed by atoms with Gasteiger partial charge in [-0.15, -0.1) is 0 Å². The van der Waals surface area contributed by atoms with Crippen molar-refractivity contribution in [2.75, 3.05) is 26.2 Å². The van der Waals surface area contributed by atoms with Crippen LogP contribution < -0.4 is 5.32 Å². The summed E-state index contributed by atoms with van der Waals surface area (Å²) in [6.45, 7) is 8.18. The third-order valence-corrected chi connectivity index (χ3v) is 4.51. The first-order chi connectivity index (χ1) is 10.2. The van der Waals surface area contributed by atoms with Gasteiger partial charge in [0.25, 0.3) is 0 Å². The van der Waals surface area contributed by atoms with Crippen molar-refractivity contribution in [3.63, 3.8) is 0 Å². The van der Waals surface area contributed by atoms with Gasteiger partial charge in [0, 0.05) is 6.54 Å². The Hall–Kier alpha value is -1.37. The van der Waals surface area contributed by atoms with Crippen molar-refractivity contribution in [1.29, 1.82) is 5.26 Å². The maximum Gasteiger partial charge on any atom is 0.145 e. The predicted octanol–water partition coefficient (Wildman–Crippen LogP) is 3.14. The highest BCUT2D eigenvalue weighted by atomic mass is 15.2. The molecule has 0 bridgehead atoms. The molecule has 0 spiro atoms. The van der Waals surface area contributed by atoms with E-state index in [4.69, 9.17) is 0 Å². The van der Waals surface area contributed by atoms with Crippen molar-refractivity contribution in [3.05, 3.63) is 35.9 Å². The topological polar surface area (TPSA) is 39.1 Å². The molecule has 21 heavy (non-hydrogen) atoms. The third-order valence-electron chi connectivity index (χ3n) is 4.51. The molecule has 2 rings (SSSR count). The lowest BCUT2D eigenvalue weighted by atomic mass is 9.90. The van der Waals surface area contributed by atoms with Crippen LogP contribution in [0, 0.1) is 17.2 Å². The lowest BCUT2D eigenvalue weighted by Gasteiger charge is -2.34. The molecule has 1 saturated heterocycles. The van der Waals surface area contributed by atoms with Crippen molar-refractivity contribution in [2.45, 2.75) is 38.6 Å². The van der Waals surface area contributed by atoms with Crippen molar-refractivity contribution in [1.82, 2.24) is 10.2 Å². The van der Waals surface area contributed by atoms with Gasteiger partial charge in [-0.05, 0) is 50.4 Å². The normalized spacial score (nSPS) is 23.0. The fourth-order valence-corrected chi connectivity index (χ4v) is 3.23. The Morgan fingerprint density at radius 3 is 2.71 bits per heavy atom. The zero-order valence-corrected chi connectivity index (χ0v) is 13.3. The summed E-state index contributed by atoms with van der Waals surface area (Å²) < 4.78 is 0. The molecule has 0 aromatic heterocycles. The highest BCUT2D eigenvalue weighted by molar-refractivity contribution is 5.32. The average molecular weight is 285 g/mol. The zero-order chi connectivity index (χ0) is 15.1. The molecule has 1 aliphatic rings. The minimum absolute atomic E-state index is 0.594. The maximum absolute atomic E-state index is 9.87. The summed E-state index contributed by atoms with van der Waals surface area (Å²) in [5, 5.41) is 13.3. The molecular weight excluding hydrogens is 258 g/mol. The molecule has 114 valence electrons. The van der Waals surface area contributed by atoms with Crippen LogP contribution in [-0.2, 0) is 5.54 Å². The van der Waals surface area contributed by atoms with E-state index >= 15 is 0 Å². The number of hydrogen-bond donors (Lipinski definition) is 1. The monoisotopic (exact) mass is 285 g/mol. The van der Waals surface area contributed by atoms with Gasteiger partial charge in [-0.25, -0.2) is 0 Å². The van der Waals surface area contributed by atoms with Crippen molar-refractivity contribution >= 4 is 0 Å². The molecule has 1 aliphatic heterocycles. The highest BCUT2D eigenvalue weighted by Gasteiger charge is 2.33. The Labute approximate surface area is 129 Å². The van der Waals surface area contributed by atoms with E-state index in [1.807, 2.05) is 18.2 Å². The Kier molecular flexibility index (Phi) is 5.78. The summed E-state index contributed by atoms with van der Waals surface area (Å²) in [5.41, 5.74) is 0.482. The molecule has 0 saturated carbocycles. The second kappa shape index (κ2) is 7.59. The van der Waals surface area contributed by atoms with Crippen molar-refractivity contribution < 1.29 is 0 Å². The number of benzene rings is 1. The van der Waals surface area contributed by atoms with Crippen molar-refractivity contribution in [3.8, 4) is 6.07 Å². The smallest absolute Gasteiger partial charge is 0.145 e. The third kappa shape index (κ3) is 4.06. The number of rotatable bonds is 5. The number of nitriles is 1. The van der Waals surface area contributed by atoms with Gasteiger partial charge in [0.05, 0.1) is 6.07 Å². The molecule has 3 nitrogen and oxygen atoms in total. The quantitative estimate of drug-likeness (QED) is 0.903. The zero-order valence-electron chi connectivity index (χ0n) is 13.3. The van der Waals surface area contributed by atoms with E-state index in [1.165, 1.54) is 19.3 Å². The Morgan fingerprint density at radius 1 is 1.29 bits per heavy atom. The molecule has 2 atom stereocenters. The van der Waals surface area contributed by atoms with Gasteiger partial charge in [-0.2, -0.15) is 5.26 Å². The summed E-state index contributed by atoms with van der Waals surface area (Å²) in [6, 6.07) is 12.7. The fourth-order valence-electron chi connectivity index (χ4n) is 3.23. The minimum atomic E-state index is -0.594. The van der Waals surface area contributed by atoms with Gasteiger partial charge >= 0.3 is 0 Å². The molecule has 3 heteroatoms. The molecule has 0 aliphatic carbocycles. The summed E-state index contributed by atoms with van der Waals surface area (Å²) in [5.74, 6) is 0.808. The first-order valence-corrected chi connectivity index (χ1v) is 8.14. The van der Waals surface area contributed by atoms with Gasteiger partial charge in [0.1, 0.15) is 5.54 Å². The molecular formula is C18H27N3. The van der Waals surface area contributed by atoms with Gasteiger partial charge in [-0.1, -0.05) is 44.2 Å². The maximum atomic E-state index is 9.87. The Bertz CT molecular complexity index is 465. The SMILES string of the molecule is CCNC(C#N)(CN1CCCC(C)CC1)c1ccccc1. The van der Waals surface area contributed by atoms with E-state index in [1.54, 1.807) is 0 Å². The highest BCUT2D eigenvalue weighted by Crippen LogP contribution is 2.24. The summed E-state index contributed by atoms with van der Waals surface area (Å²) in [7, 11) is 0. The van der Waals surface area contributed by atoms with Gasteiger partial charge in [-0.3, -0.25) is 5.32 Å².